The molecule has 1 aliphatic carbocycles. The second-order valence-electron chi connectivity index (χ2n) is 6.69. The first-order valence-corrected chi connectivity index (χ1v) is 8.84. The van der Waals surface area contributed by atoms with Crippen molar-refractivity contribution in [1.82, 2.24) is 5.32 Å². The van der Waals surface area contributed by atoms with Gasteiger partial charge in [-0.3, -0.25) is 9.59 Å². The van der Waals surface area contributed by atoms with E-state index >= 15 is 0 Å². The van der Waals surface area contributed by atoms with Crippen LogP contribution in [-0.2, 0) is 9.59 Å². The van der Waals surface area contributed by atoms with Gasteiger partial charge < -0.3 is 15.4 Å². The van der Waals surface area contributed by atoms with E-state index in [-0.39, 0.29) is 17.9 Å². The van der Waals surface area contributed by atoms with Crippen molar-refractivity contribution in [3.05, 3.63) is 24.3 Å². The van der Waals surface area contributed by atoms with E-state index in [1.54, 1.807) is 12.1 Å². The van der Waals surface area contributed by atoms with E-state index in [1.165, 1.54) is 0 Å². The van der Waals surface area contributed by atoms with E-state index in [0.717, 1.165) is 25.0 Å². The molecule has 0 unspecified atom stereocenters. The van der Waals surface area contributed by atoms with Crippen molar-refractivity contribution in [2.75, 3.05) is 11.9 Å². The Balaban J connectivity index is 1.88. The van der Waals surface area contributed by atoms with E-state index in [9.17, 15) is 9.59 Å². The molecule has 5 heteroatoms. The average molecular weight is 332 g/mol. The van der Waals surface area contributed by atoms with Gasteiger partial charge in [0, 0.05) is 12.2 Å². The Hall–Kier alpha value is -2.04. The third kappa shape index (κ3) is 4.73. The Morgan fingerprint density at radius 1 is 1.12 bits per heavy atom. The van der Waals surface area contributed by atoms with Gasteiger partial charge in [-0.05, 0) is 57.4 Å². The van der Waals surface area contributed by atoms with Gasteiger partial charge in [0.1, 0.15) is 11.2 Å². The normalized spacial score (nSPS) is 15.0. The van der Waals surface area contributed by atoms with Gasteiger partial charge in [-0.25, -0.2) is 0 Å². The number of carbonyl (C=O) groups is 2. The maximum absolute atomic E-state index is 12.5. The number of carbonyl (C=O) groups excluding carboxylic acids is 2. The molecule has 0 heterocycles. The summed E-state index contributed by atoms with van der Waals surface area (Å²) in [4.78, 5) is 24.8. The lowest BCUT2D eigenvalue weighted by Crippen LogP contribution is -2.40. The van der Waals surface area contributed by atoms with Gasteiger partial charge in [-0.1, -0.05) is 19.8 Å². The predicted octanol–water partition coefficient (Wildman–Crippen LogP) is 3.50. The summed E-state index contributed by atoms with van der Waals surface area (Å²) < 4.78 is 5.58. The zero-order valence-corrected chi connectivity index (χ0v) is 14.9. The molecule has 0 radical (unpaired) electrons. The lowest BCUT2D eigenvalue weighted by molar-refractivity contribution is -0.134. The van der Waals surface area contributed by atoms with Crippen molar-refractivity contribution in [2.45, 2.75) is 59.0 Å². The summed E-state index contributed by atoms with van der Waals surface area (Å²) in [6.45, 7) is 6.69. The number of ether oxygens (including phenoxy) is 1. The molecular formula is C19H28N2O3. The summed E-state index contributed by atoms with van der Waals surface area (Å²) in [6.07, 6.45) is 4.50. The van der Waals surface area contributed by atoms with Crippen LogP contribution in [0.2, 0.25) is 0 Å². The highest BCUT2D eigenvalue weighted by molar-refractivity contribution is 6.13. The summed E-state index contributed by atoms with van der Waals surface area (Å²) in [5.41, 5.74) is -0.194. The zero-order chi connectivity index (χ0) is 17.6. The zero-order valence-electron chi connectivity index (χ0n) is 14.9. The quantitative estimate of drug-likeness (QED) is 0.537. The molecule has 0 aliphatic heterocycles. The van der Waals surface area contributed by atoms with Gasteiger partial charge in [0.2, 0.25) is 11.8 Å². The van der Waals surface area contributed by atoms with Crippen LogP contribution >= 0.6 is 0 Å². The highest BCUT2D eigenvalue weighted by Crippen LogP contribution is 2.46. The van der Waals surface area contributed by atoms with Crippen LogP contribution in [0.15, 0.2) is 24.3 Å². The third-order valence-corrected chi connectivity index (χ3v) is 4.17. The highest BCUT2D eigenvalue weighted by atomic mass is 16.5. The van der Waals surface area contributed by atoms with Gasteiger partial charge >= 0.3 is 0 Å². The standard InChI is InChI=1S/C19H28N2O3/c1-4-5-6-13-20-17(22)19(11-12-19)18(23)21-15-7-9-16(10-8-15)24-14(2)3/h7-10,14H,4-6,11-13H2,1-3H3,(H,20,22)(H,21,23). The fourth-order valence-electron chi connectivity index (χ4n) is 2.57. The van der Waals surface area contributed by atoms with Crippen molar-refractivity contribution < 1.29 is 14.3 Å². The van der Waals surface area contributed by atoms with E-state index < -0.39 is 5.41 Å². The van der Waals surface area contributed by atoms with E-state index in [1.807, 2.05) is 26.0 Å². The second kappa shape index (κ2) is 8.18. The lowest BCUT2D eigenvalue weighted by Gasteiger charge is -2.16. The summed E-state index contributed by atoms with van der Waals surface area (Å²) in [5, 5.41) is 5.75. The molecule has 1 saturated carbocycles. The number of benzene rings is 1. The van der Waals surface area contributed by atoms with Crippen LogP contribution in [-0.4, -0.2) is 24.5 Å². The van der Waals surface area contributed by atoms with E-state index in [0.29, 0.717) is 25.1 Å². The van der Waals surface area contributed by atoms with Crippen LogP contribution in [0.3, 0.4) is 0 Å². The average Bonchev–Trinajstić information content (AvgIpc) is 3.34. The van der Waals surface area contributed by atoms with E-state index in [2.05, 4.69) is 17.6 Å². The molecule has 0 atom stereocenters. The molecule has 1 aliphatic rings. The fourth-order valence-corrected chi connectivity index (χ4v) is 2.57. The Kier molecular flexibility index (Phi) is 6.23. The van der Waals surface area contributed by atoms with Gasteiger partial charge in [-0.2, -0.15) is 0 Å². The monoisotopic (exact) mass is 332 g/mol. The molecule has 1 aromatic carbocycles. The first kappa shape index (κ1) is 18.3. The number of hydrogen-bond donors (Lipinski definition) is 2. The lowest BCUT2D eigenvalue weighted by atomic mass is 10.0. The summed E-state index contributed by atoms with van der Waals surface area (Å²) in [5.74, 6) is 0.404. The predicted molar refractivity (Wildman–Crippen MR) is 95.0 cm³/mol. The molecule has 0 saturated heterocycles. The number of amides is 2. The minimum Gasteiger partial charge on any atom is -0.491 e. The molecular weight excluding hydrogens is 304 g/mol. The van der Waals surface area contributed by atoms with Gasteiger partial charge in [-0.15, -0.1) is 0 Å². The fraction of sp³-hybridized carbons (Fsp3) is 0.579. The van der Waals surface area contributed by atoms with Gasteiger partial charge in [0.05, 0.1) is 6.10 Å². The first-order valence-electron chi connectivity index (χ1n) is 8.84. The molecule has 0 bridgehead atoms. The third-order valence-electron chi connectivity index (χ3n) is 4.17. The molecule has 5 nitrogen and oxygen atoms in total. The SMILES string of the molecule is CCCCCNC(=O)C1(C(=O)Nc2ccc(OC(C)C)cc2)CC1. The molecule has 24 heavy (non-hydrogen) atoms. The number of anilines is 1. The summed E-state index contributed by atoms with van der Waals surface area (Å²) in [6, 6.07) is 7.23. The second-order valence-corrected chi connectivity index (χ2v) is 6.69. The van der Waals surface area contributed by atoms with Crippen LogP contribution in [0.4, 0.5) is 5.69 Å². The molecule has 0 spiro atoms. The molecule has 132 valence electrons. The van der Waals surface area contributed by atoms with Gasteiger partial charge in [0.25, 0.3) is 0 Å². The van der Waals surface area contributed by atoms with Crippen molar-refractivity contribution >= 4 is 17.5 Å². The van der Waals surface area contributed by atoms with Crippen LogP contribution in [0, 0.1) is 5.41 Å². The van der Waals surface area contributed by atoms with Crippen LogP contribution in [0.25, 0.3) is 0 Å². The highest BCUT2D eigenvalue weighted by Gasteiger charge is 2.56. The molecule has 1 fully saturated rings. The maximum atomic E-state index is 12.5. The minimum absolute atomic E-state index is 0.108. The van der Waals surface area contributed by atoms with Crippen LogP contribution in [0.5, 0.6) is 5.75 Å². The van der Waals surface area contributed by atoms with Crippen LogP contribution < -0.4 is 15.4 Å². The molecule has 2 N–H and O–H groups in total. The Morgan fingerprint density at radius 3 is 2.33 bits per heavy atom. The number of rotatable bonds is 9. The Labute approximate surface area is 144 Å². The topological polar surface area (TPSA) is 67.4 Å². The number of hydrogen-bond acceptors (Lipinski definition) is 3. The molecule has 0 aromatic heterocycles. The first-order chi connectivity index (χ1) is 11.5. The molecule has 2 rings (SSSR count). The van der Waals surface area contributed by atoms with Crippen molar-refractivity contribution in [1.29, 1.82) is 0 Å². The smallest absolute Gasteiger partial charge is 0.240 e. The largest absolute Gasteiger partial charge is 0.491 e. The molecule has 1 aromatic rings. The van der Waals surface area contributed by atoms with Crippen molar-refractivity contribution in [3.63, 3.8) is 0 Å². The Morgan fingerprint density at radius 2 is 1.79 bits per heavy atom. The van der Waals surface area contributed by atoms with Gasteiger partial charge in [0.15, 0.2) is 0 Å². The number of unbranched alkanes of at least 4 members (excludes halogenated alkanes) is 2. The van der Waals surface area contributed by atoms with Crippen LogP contribution in [0.1, 0.15) is 52.9 Å². The Bertz CT molecular complexity index is 562. The van der Waals surface area contributed by atoms with E-state index in [4.69, 9.17) is 4.74 Å². The minimum atomic E-state index is -0.876. The van der Waals surface area contributed by atoms with Crippen molar-refractivity contribution in [2.24, 2.45) is 5.41 Å². The number of nitrogens with one attached hydrogen (secondary N) is 2. The summed E-state index contributed by atoms with van der Waals surface area (Å²) >= 11 is 0. The van der Waals surface area contributed by atoms with Crippen molar-refractivity contribution in [3.8, 4) is 5.75 Å². The maximum Gasteiger partial charge on any atom is 0.240 e. The summed E-state index contributed by atoms with van der Waals surface area (Å²) in [7, 11) is 0. The molecule has 2 amide bonds.